The van der Waals surface area contributed by atoms with Crippen LogP contribution in [-0.4, -0.2) is 12.1 Å². The second-order valence-corrected chi connectivity index (χ2v) is 6.08. The van der Waals surface area contributed by atoms with Gasteiger partial charge in [0.1, 0.15) is 6.10 Å². The fourth-order valence-corrected chi connectivity index (χ4v) is 2.25. The predicted molar refractivity (Wildman–Crippen MR) is 70.7 cm³/mol. The van der Waals surface area contributed by atoms with Gasteiger partial charge in [0.25, 0.3) is 0 Å². The minimum Gasteiger partial charge on any atom is -0.457 e. The van der Waals surface area contributed by atoms with Crippen LogP contribution in [-0.2, 0) is 9.53 Å². The van der Waals surface area contributed by atoms with Gasteiger partial charge < -0.3 is 4.74 Å². The van der Waals surface area contributed by atoms with Gasteiger partial charge in [-0.25, -0.2) is 0 Å². The molecule has 0 aromatic rings. The van der Waals surface area contributed by atoms with Gasteiger partial charge in [-0.2, -0.15) is 0 Å². The number of ether oxygens (including phenoxy) is 1. The van der Waals surface area contributed by atoms with Crippen molar-refractivity contribution < 1.29 is 9.53 Å². The smallest absolute Gasteiger partial charge is 0.312 e. The van der Waals surface area contributed by atoms with E-state index >= 15 is 0 Å². The van der Waals surface area contributed by atoms with E-state index in [2.05, 4.69) is 27.7 Å². The summed E-state index contributed by atoms with van der Waals surface area (Å²) in [5, 5.41) is 0. The van der Waals surface area contributed by atoms with E-state index < -0.39 is 0 Å². The molecule has 0 spiro atoms. The lowest BCUT2D eigenvalue weighted by Gasteiger charge is -2.27. The van der Waals surface area contributed by atoms with Gasteiger partial charge in [0.2, 0.25) is 0 Å². The molecule has 0 aromatic heterocycles. The maximum atomic E-state index is 12.1. The first kappa shape index (κ1) is 14.3. The van der Waals surface area contributed by atoms with Crippen LogP contribution < -0.4 is 0 Å². The first-order chi connectivity index (χ1) is 7.72. The molecule has 0 aliphatic heterocycles. The number of carbonyl (C=O) groups excluding carboxylic acids is 1. The highest BCUT2D eigenvalue weighted by Gasteiger charge is 2.38. The minimum atomic E-state index is -0.375. The topological polar surface area (TPSA) is 26.3 Å². The summed E-state index contributed by atoms with van der Waals surface area (Å²) in [6, 6.07) is 0. The molecule has 3 atom stereocenters. The van der Waals surface area contributed by atoms with Gasteiger partial charge >= 0.3 is 5.97 Å². The molecule has 0 saturated carbocycles. The van der Waals surface area contributed by atoms with E-state index in [0.717, 1.165) is 6.42 Å². The van der Waals surface area contributed by atoms with E-state index in [1.165, 1.54) is 11.1 Å². The van der Waals surface area contributed by atoms with Crippen molar-refractivity contribution in [3.8, 4) is 0 Å². The first-order valence-corrected chi connectivity index (χ1v) is 6.60. The molecule has 2 heteroatoms. The molecule has 0 saturated heterocycles. The monoisotopic (exact) mass is 238 g/mol. The van der Waals surface area contributed by atoms with Crippen molar-refractivity contribution in [1.29, 1.82) is 0 Å². The number of rotatable bonds is 3. The number of hydrogen-bond donors (Lipinski definition) is 0. The van der Waals surface area contributed by atoms with Crippen LogP contribution in [0.3, 0.4) is 0 Å². The summed E-state index contributed by atoms with van der Waals surface area (Å²) in [6.45, 7) is 14.5. The third-order valence-electron chi connectivity index (χ3n) is 4.67. The van der Waals surface area contributed by atoms with Crippen LogP contribution in [0.25, 0.3) is 0 Å². The Balaban J connectivity index is 2.81. The average Bonchev–Trinajstić information content (AvgIpc) is 2.46. The molecule has 0 fully saturated rings. The summed E-state index contributed by atoms with van der Waals surface area (Å²) in [5.74, 6) is 0.835. The summed E-state index contributed by atoms with van der Waals surface area (Å²) in [6.07, 6.45) is 0.785. The Labute approximate surface area is 105 Å². The largest absolute Gasteiger partial charge is 0.457 e. The van der Waals surface area contributed by atoms with Gasteiger partial charge in [0, 0.05) is 5.92 Å². The van der Waals surface area contributed by atoms with Crippen LogP contribution in [0.5, 0.6) is 0 Å². The lowest BCUT2D eigenvalue weighted by atomic mass is 9.90. The Hall–Kier alpha value is -0.790. The zero-order chi connectivity index (χ0) is 13.4. The summed E-state index contributed by atoms with van der Waals surface area (Å²) >= 11 is 0. The summed E-state index contributed by atoms with van der Waals surface area (Å²) in [4.78, 5) is 12.1. The highest BCUT2D eigenvalue weighted by molar-refractivity contribution is 5.76. The van der Waals surface area contributed by atoms with Crippen molar-refractivity contribution >= 4 is 5.97 Å². The molecular weight excluding hydrogens is 212 g/mol. The van der Waals surface area contributed by atoms with Crippen LogP contribution in [0.15, 0.2) is 11.1 Å². The number of esters is 1. The normalized spacial score (nSPS) is 29.7. The van der Waals surface area contributed by atoms with Gasteiger partial charge in [-0.3, -0.25) is 4.79 Å². The molecule has 17 heavy (non-hydrogen) atoms. The molecular formula is C15H26O2. The molecule has 1 aliphatic carbocycles. The van der Waals surface area contributed by atoms with Crippen LogP contribution in [0, 0.1) is 17.3 Å². The van der Waals surface area contributed by atoms with Gasteiger partial charge in [0.05, 0.1) is 5.41 Å². The Morgan fingerprint density at radius 3 is 2.12 bits per heavy atom. The Bertz CT molecular complexity index is 339. The minimum absolute atomic E-state index is 0.0247. The van der Waals surface area contributed by atoms with Crippen molar-refractivity contribution in [3.63, 3.8) is 0 Å². The highest BCUT2D eigenvalue weighted by atomic mass is 16.5. The van der Waals surface area contributed by atoms with E-state index in [1.807, 2.05) is 20.8 Å². The van der Waals surface area contributed by atoms with E-state index in [9.17, 15) is 4.79 Å². The zero-order valence-electron chi connectivity index (χ0n) is 12.3. The molecule has 0 amide bonds. The van der Waals surface area contributed by atoms with Gasteiger partial charge in [-0.1, -0.05) is 26.3 Å². The molecule has 0 aromatic carbocycles. The van der Waals surface area contributed by atoms with Crippen molar-refractivity contribution in [2.75, 3.05) is 0 Å². The second kappa shape index (κ2) is 4.83. The lowest BCUT2D eigenvalue weighted by molar-refractivity contribution is -0.160. The Kier molecular flexibility index (Phi) is 4.06. The van der Waals surface area contributed by atoms with Gasteiger partial charge in [-0.15, -0.1) is 0 Å². The lowest BCUT2D eigenvalue weighted by Crippen LogP contribution is -2.33. The van der Waals surface area contributed by atoms with Crippen molar-refractivity contribution in [3.05, 3.63) is 11.1 Å². The third-order valence-corrected chi connectivity index (χ3v) is 4.67. The maximum Gasteiger partial charge on any atom is 0.312 e. The van der Waals surface area contributed by atoms with E-state index in [-0.39, 0.29) is 17.5 Å². The van der Waals surface area contributed by atoms with Crippen LogP contribution >= 0.6 is 0 Å². The molecule has 2 nitrogen and oxygen atoms in total. The summed E-state index contributed by atoms with van der Waals surface area (Å²) < 4.78 is 5.74. The fraction of sp³-hybridized carbons (Fsp3) is 0.800. The molecule has 0 heterocycles. The molecule has 1 aliphatic rings. The molecule has 0 N–H and O–H groups in total. The maximum absolute atomic E-state index is 12.1. The fourth-order valence-electron chi connectivity index (χ4n) is 2.25. The van der Waals surface area contributed by atoms with Gasteiger partial charge in [-0.05, 0) is 45.6 Å². The molecule has 0 radical (unpaired) electrons. The standard InChI is InChI=1S/C15H26O2/c1-8-15(6,7)14(16)17-13-11(4)9(2)10(3)12(13)5/h9,11,13H,8H2,1-7H3. The Morgan fingerprint density at radius 1 is 1.24 bits per heavy atom. The van der Waals surface area contributed by atoms with Crippen LogP contribution in [0.4, 0.5) is 0 Å². The number of allylic oxidation sites excluding steroid dienone is 1. The van der Waals surface area contributed by atoms with Crippen molar-refractivity contribution in [1.82, 2.24) is 0 Å². The molecule has 1 rings (SSSR count). The van der Waals surface area contributed by atoms with Crippen LogP contribution in [0.1, 0.15) is 54.9 Å². The van der Waals surface area contributed by atoms with E-state index in [1.54, 1.807) is 0 Å². The van der Waals surface area contributed by atoms with E-state index in [0.29, 0.717) is 11.8 Å². The number of hydrogen-bond acceptors (Lipinski definition) is 2. The van der Waals surface area contributed by atoms with E-state index in [4.69, 9.17) is 4.74 Å². The van der Waals surface area contributed by atoms with Crippen molar-refractivity contribution in [2.24, 2.45) is 17.3 Å². The quantitative estimate of drug-likeness (QED) is 0.549. The second-order valence-electron chi connectivity index (χ2n) is 6.08. The number of carbonyl (C=O) groups is 1. The third kappa shape index (κ3) is 2.56. The van der Waals surface area contributed by atoms with Crippen LogP contribution in [0.2, 0.25) is 0 Å². The van der Waals surface area contributed by atoms with Gasteiger partial charge in [0.15, 0.2) is 0 Å². The summed E-state index contributed by atoms with van der Waals surface area (Å²) in [7, 11) is 0. The summed E-state index contributed by atoms with van der Waals surface area (Å²) in [5.41, 5.74) is 2.24. The first-order valence-electron chi connectivity index (χ1n) is 6.60. The SMILES string of the molecule is CCC(C)(C)C(=O)OC1C(C)=C(C)C(C)C1C. The molecule has 3 unspecified atom stereocenters. The molecule has 0 bridgehead atoms. The highest BCUT2D eigenvalue weighted by Crippen LogP contribution is 2.39. The zero-order valence-corrected chi connectivity index (χ0v) is 12.3. The molecule has 98 valence electrons. The van der Waals surface area contributed by atoms with Crippen molar-refractivity contribution in [2.45, 2.75) is 61.0 Å². The predicted octanol–water partition coefficient (Wildman–Crippen LogP) is 3.96. The average molecular weight is 238 g/mol. The Morgan fingerprint density at radius 2 is 1.76 bits per heavy atom.